The van der Waals surface area contributed by atoms with Gasteiger partial charge < -0.3 is 9.64 Å². The van der Waals surface area contributed by atoms with Crippen molar-refractivity contribution in [1.82, 2.24) is 10.2 Å². The van der Waals surface area contributed by atoms with E-state index in [-0.39, 0.29) is 30.0 Å². The quantitative estimate of drug-likeness (QED) is 0.854. The Hall–Kier alpha value is -1.88. The number of carbonyl (C=O) groups is 2. The third-order valence-electron chi connectivity index (χ3n) is 4.32. The lowest BCUT2D eigenvalue weighted by Crippen LogP contribution is -2.33. The van der Waals surface area contributed by atoms with Gasteiger partial charge in [0.2, 0.25) is 5.91 Å². The van der Waals surface area contributed by atoms with Crippen molar-refractivity contribution in [1.29, 1.82) is 0 Å². The zero-order chi connectivity index (χ0) is 15.0. The van der Waals surface area contributed by atoms with Gasteiger partial charge in [-0.15, -0.1) is 0 Å². The number of carbonyl (C=O) groups excluding carboxylic acids is 2. The molecule has 0 aromatic heterocycles. The number of benzene rings is 1. The van der Waals surface area contributed by atoms with Crippen LogP contribution in [0.4, 0.5) is 0 Å². The van der Waals surface area contributed by atoms with Crippen LogP contribution in [-0.2, 0) is 14.3 Å². The fourth-order valence-electron chi connectivity index (χ4n) is 2.83. The molecule has 112 valence electrons. The average Bonchev–Trinajstić information content (AvgIpc) is 3.21. The third kappa shape index (κ3) is 2.53. The summed E-state index contributed by atoms with van der Waals surface area (Å²) in [5.74, 6) is -0.181. The summed E-state index contributed by atoms with van der Waals surface area (Å²) in [7, 11) is 1.37. The van der Waals surface area contributed by atoms with Gasteiger partial charge in [-0.25, -0.2) is 0 Å². The van der Waals surface area contributed by atoms with Gasteiger partial charge in [0.25, 0.3) is 0 Å². The highest BCUT2D eigenvalue weighted by molar-refractivity contribution is 5.92. The first-order valence-corrected chi connectivity index (χ1v) is 7.28. The minimum Gasteiger partial charge on any atom is -0.469 e. The van der Waals surface area contributed by atoms with Gasteiger partial charge in [-0.2, -0.15) is 0 Å². The van der Waals surface area contributed by atoms with Crippen LogP contribution in [0.3, 0.4) is 0 Å². The number of rotatable bonds is 4. The Labute approximate surface area is 124 Å². The van der Waals surface area contributed by atoms with Crippen LogP contribution in [0.15, 0.2) is 24.3 Å². The molecule has 5 nitrogen and oxygen atoms in total. The number of hydrogen-bond acceptors (Lipinski definition) is 4. The summed E-state index contributed by atoms with van der Waals surface area (Å²) in [4.78, 5) is 25.7. The predicted octanol–water partition coefficient (Wildman–Crippen LogP) is 1.52. The second-order valence-electron chi connectivity index (χ2n) is 5.86. The summed E-state index contributed by atoms with van der Waals surface area (Å²) in [5.41, 5.74) is 1.86. The smallest absolute Gasteiger partial charge is 0.307 e. The maximum Gasteiger partial charge on any atom is 0.307 e. The second kappa shape index (κ2) is 5.15. The van der Waals surface area contributed by atoms with E-state index in [1.807, 2.05) is 31.2 Å². The zero-order valence-corrected chi connectivity index (χ0v) is 12.4. The molecule has 1 aromatic rings. The number of methoxy groups -OCH3 is 1. The lowest BCUT2D eigenvalue weighted by atomic mass is 10.1. The minimum atomic E-state index is -0.383. The first-order chi connectivity index (χ1) is 10.1. The molecule has 1 saturated heterocycles. The molecule has 1 amide bonds. The standard InChI is InChI=1S/C16H20N2O3/c1-11-3-5-12(6-4-11)14-17-16(8-9-16)15(20)18(14)10-7-13(19)21-2/h3-6,14,17H,7-10H2,1-2H3. The Balaban J connectivity index is 1.81. The molecule has 21 heavy (non-hydrogen) atoms. The van der Waals surface area contributed by atoms with Crippen LogP contribution in [0.25, 0.3) is 0 Å². The van der Waals surface area contributed by atoms with E-state index in [1.165, 1.54) is 12.7 Å². The maximum absolute atomic E-state index is 12.6. The summed E-state index contributed by atoms with van der Waals surface area (Å²) in [6.07, 6.45) is 1.83. The Morgan fingerprint density at radius 3 is 2.62 bits per heavy atom. The maximum atomic E-state index is 12.6. The highest BCUT2D eigenvalue weighted by atomic mass is 16.5. The molecule has 1 unspecified atom stereocenters. The highest BCUT2D eigenvalue weighted by Gasteiger charge is 2.59. The molecule has 2 aliphatic rings. The first kappa shape index (κ1) is 14.1. The number of ether oxygens (including phenoxy) is 1. The molecule has 1 aliphatic carbocycles. The Morgan fingerprint density at radius 1 is 1.38 bits per heavy atom. The fourth-order valence-corrected chi connectivity index (χ4v) is 2.83. The van der Waals surface area contributed by atoms with Crippen molar-refractivity contribution in [3.05, 3.63) is 35.4 Å². The molecular weight excluding hydrogens is 268 g/mol. The van der Waals surface area contributed by atoms with Crippen LogP contribution in [0.2, 0.25) is 0 Å². The van der Waals surface area contributed by atoms with Gasteiger partial charge in [0.1, 0.15) is 11.7 Å². The molecule has 0 bridgehead atoms. The van der Waals surface area contributed by atoms with E-state index in [1.54, 1.807) is 4.90 Å². The van der Waals surface area contributed by atoms with E-state index in [2.05, 4.69) is 10.1 Å². The third-order valence-corrected chi connectivity index (χ3v) is 4.32. The van der Waals surface area contributed by atoms with Gasteiger partial charge in [-0.05, 0) is 25.3 Å². The molecule has 1 aliphatic heterocycles. The van der Waals surface area contributed by atoms with Crippen LogP contribution >= 0.6 is 0 Å². The molecule has 1 spiro atoms. The van der Waals surface area contributed by atoms with E-state index in [0.29, 0.717) is 6.54 Å². The van der Waals surface area contributed by atoms with Crippen molar-refractivity contribution in [2.75, 3.05) is 13.7 Å². The topological polar surface area (TPSA) is 58.6 Å². The van der Waals surface area contributed by atoms with E-state index >= 15 is 0 Å². The molecule has 1 saturated carbocycles. The Kier molecular flexibility index (Phi) is 3.45. The van der Waals surface area contributed by atoms with E-state index in [4.69, 9.17) is 0 Å². The van der Waals surface area contributed by atoms with Gasteiger partial charge in [0.15, 0.2) is 0 Å². The van der Waals surface area contributed by atoms with Gasteiger partial charge in [-0.3, -0.25) is 14.9 Å². The molecule has 5 heteroatoms. The molecule has 1 heterocycles. The van der Waals surface area contributed by atoms with Crippen LogP contribution in [0, 0.1) is 6.92 Å². The molecule has 0 radical (unpaired) electrons. The lowest BCUT2D eigenvalue weighted by molar-refractivity contribution is -0.141. The minimum absolute atomic E-state index is 0.108. The van der Waals surface area contributed by atoms with Crippen molar-refractivity contribution < 1.29 is 14.3 Å². The normalized spacial score (nSPS) is 22.7. The predicted molar refractivity (Wildman–Crippen MR) is 77.4 cm³/mol. The van der Waals surface area contributed by atoms with Gasteiger partial charge >= 0.3 is 5.97 Å². The summed E-state index contributed by atoms with van der Waals surface area (Å²) in [5, 5.41) is 3.44. The van der Waals surface area contributed by atoms with E-state index in [9.17, 15) is 9.59 Å². The second-order valence-corrected chi connectivity index (χ2v) is 5.86. The number of nitrogens with zero attached hydrogens (tertiary/aromatic N) is 1. The SMILES string of the molecule is COC(=O)CCN1C(=O)C2(CC2)NC1c1ccc(C)cc1. The molecule has 3 rings (SSSR count). The largest absolute Gasteiger partial charge is 0.469 e. The number of esters is 1. The van der Waals surface area contributed by atoms with Crippen molar-refractivity contribution in [2.24, 2.45) is 0 Å². The monoisotopic (exact) mass is 288 g/mol. The molecule has 2 fully saturated rings. The Bertz CT molecular complexity index is 563. The number of hydrogen-bond donors (Lipinski definition) is 1. The van der Waals surface area contributed by atoms with Gasteiger partial charge in [-0.1, -0.05) is 29.8 Å². The Morgan fingerprint density at radius 2 is 2.05 bits per heavy atom. The van der Waals surface area contributed by atoms with Crippen LogP contribution in [0.5, 0.6) is 0 Å². The first-order valence-electron chi connectivity index (χ1n) is 7.28. The van der Waals surface area contributed by atoms with Crippen LogP contribution < -0.4 is 5.32 Å². The van der Waals surface area contributed by atoms with Crippen LogP contribution in [0.1, 0.15) is 36.6 Å². The zero-order valence-electron chi connectivity index (χ0n) is 12.4. The molecule has 1 aromatic carbocycles. The van der Waals surface area contributed by atoms with E-state index < -0.39 is 0 Å². The van der Waals surface area contributed by atoms with E-state index in [0.717, 1.165) is 18.4 Å². The van der Waals surface area contributed by atoms with Crippen molar-refractivity contribution in [2.45, 2.75) is 37.9 Å². The van der Waals surface area contributed by atoms with Crippen molar-refractivity contribution in [3.8, 4) is 0 Å². The van der Waals surface area contributed by atoms with Crippen LogP contribution in [-0.4, -0.2) is 36.0 Å². The average molecular weight is 288 g/mol. The summed E-state index contributed by atoms with van der Waals surface area (Å²) in [6, 6.07) is 8.15. The number of amides is 1. The molecule has 1 N–H and O–H groups in total. The van der Waals surface area contributed by atoms with Crippen molar-refractivity contribution >= 4 is 11.9 Å². The highest BCUT2D eigenvalue weighted by Crippen LogP contribution is 2.45. The molecular formula is C16H20N2O3. The fraction of sp³-hybridized carbons (Fsp3) is 0.500. The summed E-state index contributed by atoms with van der Waals surface area (Å²) < 4.78 is 4.67. The number of nitrogens with one attached hydrogen (secondary N) is 1. The van der Waals surface area contributed by atoms with Crippen molar-refractivity contribution in [3.63, 3.8) is 0 Å². The van der Waals surface area contributed by atoms with Gasteiger partial charge in [0.05, 0.1) is 13.5 Å². The van der Waals surface area contributed by atoms with Gasteiger partial charge in [0, 0.05) is 6.54 Å². The molecule has 1 atom stereocenters. The number of aryl methyl sites for hydroxylation is 1. The summed E-state index contributed by atoms with van der Waals surface area (Å²) >= 11 is 0. The lowest BCUT2D eigenvalue weighted by Gasteiger charge is -2.24. The summed E-state index contributed by atoms with van der Waals surface area (Å²) in [6.45, 7) is 2.42.